The number of carbonyl (C=O) groups excluding carboxylic acids is 1. The normalized spacial score (nSPS) is 12.9. The fourth-order valence-corrected chi connectivity index (χ4v) is 1.52. The maximum atomic E-state index is 12.7. The molecule has 1 rings (SSSR count). The van der Waals surface area contributed by atoms with E-state index in [0.717, 1.165) is 0 Å². The molecule has 1 aromatic carbocycles. The van der Waals surface area contributed by atoms with Crippen LogP contribution in [0.4, 0.5) is 8.78 Å². The van der Waals surface area contributed by atoms with Gasteiger partial charge in [0.15, 0.2) is 5.78 Å². The predicted octanol–water partition coefficient (Wildman–Crippen LogP) is 3.74. The lowest BCUT2D eigenvalue weighted by atomic mass is 9.98. The quantitative estimate of drug-likeness (QED) is 0.573. The van der Waals surface area contributed by atoms with Crippen molar-refractivity contribution in [2.45, 2.75) is 25.7 Å². The summed E-state index contributed by atoms with van der Waals surface area (Å²) < 4.78 is 25.4. The van der Waals surface area contributed by atoms with E-state index in [1.165, 1.54) is 13.0 Å². The van der Waals surface area contributed by atoms with Crippen LogP contribution in [0.25, 0.3) is 0 Å². The zero-order chi connectivity index (χ0) is 11.6. The molecule has 0 saturated carbocycles. The third kappa shape index (κ3) is 2.53. The summed E-state index contributed by atoms with van der Waals surface area (Å²) in [5.74, 6) is -0.462. The van der Waals surface area contributed by atoms with Crippen molar-refractivity contribution in [1.82, 2.24) is 0 Å². The Morgan fingerprint density at radius 2 is 2.00 bits per heavy atom. The molecule has 1 nitrogen and oxygen atoms in total. The molecule has 0 aliphatic heterocycles. The molecule has 0 saturated heterocycles. The van der Waals surface area contributed by atoms with Crippen LogP contribution in [0, 0.1) is 6.92 Å². The monoisotopic (exact) mass is 232 g/mol. The number of benzene rings is 1. The molecule has 0 amide bonds. The van der Waals surface area contributed by atoms with E-state index in [2.05, 4.69) is 0 Å². The standard InChI is InChI=1S/C11H11ClF2O/c1-6-4-3-5-8(9(6)11(13)14)10(15)7(2)12/h3-5,7,11H,1-2H3. The van der Waals surface area contributed by atoms with Crippen LogP contribution in [0.2, 0.25) is 0 Å². The second-order valence-electron chi connectivity index (χ2n) is 3.32. The van der Waals surface area contributed by atoms with Crippen molar-refractivity contribution < 1.29 is 13.6 Å². The highest BCUT2D eigenvalue weighted by molar-refractivity contribution is 6.33. The highest BCUT2D eigenvalue weighted by atomic mass is 35.5. The second-order valence-corrected chi connectivity index (χ2v) is 3.97. The van der Waals surface area contributed by atoms with Crippen molar-refractivity contribution in [2.24, 2.45) is 0 Å². The third-order valence-corrected chi connectivity index (χ3v) is 2.37. The number of Topliss-reactive ketones (excluding diaryl/α,β-unsaturated/α-hetero) is 1. The van der Waals surface area contributed by atoms with Gasteiger partial charge in [0.25, 0.3) is 6.43 Å². The minimum Gasteiger partial charge on any atom is -0.293 e. The Bertz CT molecular complexity index is 375. The summed E-state index contributed by atoms with van der Waals surface area (Å²) in [5, 5.41) is -0.788. The van der Waals surface area contributed by atoms with Crippen LogP contribution in [0.15, 0.2) is 18.2 Å². The summed E-state index contributed by atoms with van der Waals surface area (Å²) in [7, 11) is 0. The Hall–Kier alpha value is -0.960. The number of carbonyl (C=O) groups is 1. The first-order valence-corrected chi connectivity index (χ1v) is 4.94. The van der Waals surface area contributed by atoms with Gasteiger partial charge in [0, 0.05) is 11.1 Å². The third-order valence-electron chi connectivity index (χ3n) is 2.17. The van der Waals surface area contributed by atoms with Gasteiger partial charge >= 0.3 is 0 Å². The van der Waals surface area contributed by atoms with Crippen LogP contribution in [0.1, 0.15) is 34.8 Å². The summed E-state index contributed by atoms with van der Waals surface area (Å²) in [6, 6.07) is 4.51. The lowest BCUT2D eigenvalue weighted by Gasteiger charge is -2.11. The first kappa shape index (κ1) is 12.1. The van der Waals surface area contributed by atoms with Crippen LogP contribution in [0.3, 0.4) is 0 Å². The molecule has 0 aromatic heterocycles. The summed E-state index contributed by atoms with van der Waals surface area (Å²) in [6.45, 7) is 3.03. The number of halogens is 3. The number of hydrogen-bond acceptors (Lipinski definition) is 1. The lowest BCUT2D eigenvalue weighted by Crippen LogP contribution is -2.14. The topological polar surface area (TPSA) is 17.1 Å². The Morgan fingerprint density at radius 1 is 1.40 bits per heavy atom. The van der Waals surface area contributed by atoms with E-state index in [0.29, 0.717) is 5.56 Å². The SMILES string of the molecule is Cc1cccc(C(=O)C(C)Cl)c1C(F)F. The molecule has 0 aliphatic rings. The molecular weight excluding hydrogens is 222 g/mol. The molecular formula is C11H11ClF2O. The van der Waals surface area contributed by atoms with E-state index >= 15 is 0 Å². The summed E-state index contributed by atoms with van der Waals surface area (Å²) in [6.07, 6.45) is -2.65. The van der Waals surface area contributed by atoms with Gasteiger partial charge in [0.2, 0.25) is 0 Å². The number of alkyl halides is 3. The van der Waals surface area contributed by atoms with Crippen molar-refractivity contribution in [1.29, 1.82) is 0 Å². The lowest BCUT2D eigenvalue weighted by molar-refractivity contribution is 0.0977. The van der Waals surface area contributed by atoms with E-state index in [1.807, 2.05) is 0 Å². The first-order valence-electron chi connectivity index (χ1n) is 4.51. The average molecular weight is 233 g/mol. The van der Waals surface area contributed by atoms with Crippen molar-refractivity contribution >= 4 is 17.4 Å². The van der Waals surface area contributed by atoms with Gasteiger partial charge in [-0.25, -0.2) is 8.78 Å². The number of aryl methyl sites for hydroxylation is 1. The van der Waals surface area contributed by atoms with Crippen LogP contribution in [-0.2, 0) is 0 Å². The van der Waals surface area contributed by atoms with Crippen LogP contribution in [-0.4, -0.2) is 11.2 Å². The highest BCUT2D eigenvalue weighted by Crippen LogP contribution is 2.27. The van der Waals surface area contributed by atoms with Crippen LogP contribution in [0.5, 0.6) is 0 Å². The number of ketones is 1. The Morgan fingerprint density at radius 3 is 2.47 bits per heavy atom. The first-order chi connectivity index (χ1) is 6.95. The van der Waals surface area contributed by atoms with Crippen molar-refractivity contribution in [3.63, 3.8) is 0 Å². The van der Waals surface area contributed by atoms with Gasteiger partial charge in [-0.1, -0.05) is 18.2 Å². The smallest absolute Gasteiger partial charge is 0.264 e. The Kier molecular flexibility index (Phi) is 3.80. The fraction of sp³-hybridized carbons (Fsp3) is 0.364. The molecule has 1 unspecified atom stereocenters. The molecule has 0 N–H and O–H groups in total. The van der Waals surface area contributed by atoms with Crippen molar-refractivity contribution in [2.75, 3.05) is 0 Å². The molecule has 0 radical (unpaired) electrons. The highest BCUT2D eigenvalue weighted by Gasteiger charge is 2.22. The molecule has 0 aliphatic carbocycles. The summed E-state index contributed by atoms with van der Waals surface area (Å²) >= 11 is 5.60. The summed E-state index contributed by atoms with van der Waals surface area (Å²) in [4.78, 5) is 11.6. The summed E-state index contributed by atoms with van der Waals surface area (Å²) in [5.41, 5.74) is 0.218. The van der Waals surface area contributed by atoms with Gasteiger partial charge in [-0.2, -0.15) is 0 Å². The van der Waals surface area contributed by atoms with E-state index in [-0.39, 0.29) is 11.1 Å². The van der Waals surface area contributed by atoms with E-state index in [4.69, 9.17) is 11.6 Å². The number of hydrogen-bond donors (Lipinski definition) is 0. The molecule has 82 valence electrons. The van der Waals surface area contributed by atoms with Gasteiger partial charge < -0.3 is 0 Å². The maximum Gasteiger partial charge on any atom is 0.264 e. The minimum atomic E-state index is -2.65. The molecule has 0 bridgehead atoms. The molecule has 0 fully saturated rings. The van der Waals surface area contributed by atoms with E-state index < -0.39 is 17.6 Å². The minimum absolute atomic E-state index is 0.0208. The molecule has 4 heteroatoms. The molecule has 1 atom stereocenters. The van der Waals surface area contributed by atoms with Crippen molar-refractivity contribution in [3.05, 3.63) is 34.9 Å². The van der Waals surface area contributed by atoms with Crippen LogP contribution < -0.4 is 0 Å². The Balaban J connectivity index is 3.29. The average Bonchev–Trinajstić information content (AvgIpc) is 2.15. The zero-order valence-electron chi connectivity index (χ0n) is 8.43. The fourth-order valence-electron chi connectivity index (χ4n) is 1.40. The van der Waals surface area contributed by atoms with Gasteiger partial charge in [0.1, 0.15) is 0 Å². The predicted molar refractivity (Wildman–Crippen MR) is 55.8 cm³/mol. The maximum absolute atomic E-state index is 12.7. The number of rotatable bonds is 3. The molecule has 0 heterocycles. The van der Waals surface area contributed by atoms with Crippen LogP contribution >= 0.6 is 11.6 Å². The van der Waals surface area contributed by atoms with Gasteiger partial charge in [-0.05, 0) is 19.4 Å². The van der Waals surface area contributed by atoms with E-state index in [1.54, 1.807) is 19.1 Å². The van der Waals surface area contributed by atoms with Gasteiger partial charge in [-0.3, -0.25) is 4.79 Å². The van der Waals surface area contributed by atoms with Gasteiger partial charge in [0.05, 0.1) is 5.38 Å². The largest absolute Gasteiger partial charge is 0.293 e. The second kappa shape index (κ2) is 4.71. The molecule has 15 heavy (non-hydrogen) atoms. The van der Waals surface area contributed by atoms with E-state index in [9.17, 15) is 13.6 Å². The molecule has 0 spiro atoms. The molecule has 1 aromatic rings. The Labute approximate surface area is 92.1 Å². The zero-order valence-corrected chi connectivity index (χ0v) is 9.18. The van der Waals surface area contributed by atoms with Gasteiger partial charge in [-0.15, -0.1) is 11.6 Å². The van der Waals surface area contributed by atoms with Crippen molar-refractivity contribution in [3.8, 4) is 0 Å².